The van der Waals surface area contributed by atoms with Gasteiger partial charge in [0.05, 0.1) is 0 Å². The van der Waals surface area contributed by atoms with E-state index in [1.54, 1.807) is 20.8 Å². The monoisotopic (exact) mass is 248 g/mol. The fourth-order valence-corrected chi connectivity index (χ4v) is 0. The molecule has 0 nitrogen and oxygen atoms in total. The van der Waals surface area contributed by atoms with E-state index in [0.29, 0.717) is 0 Å². The van der Waals surface area contributed by atoms with Crippen molar-refractivity contribution < 1.29 is 19.5 Å². The third-order valence-corrected chi connectivity index (χ3v) is 0.354. The molecule has 2 heteroatoms. The molecule has 68 valence electrons. The first-order valence-electron chi connectivity index (χ1n) is 3.83. The molecule has 0 fully saturated rings. The number of hydrogen-bond donors (Lipinski definition) is 0. The van der Waals surface area contributed by atoms with Gasteiger partial charge in [0.25, 0.3) is 0 Å². The van der Waals surface area contributed by atoms with Crippen molar-refractivity contribution in [3.8, 4) is 0 Å². The van der Waals surface area contributed by atoms with Crippen molar-refractivity contribution in [3.05, 3.63) is 27.7 Å². The first-order chi connectivity index (χ1) is 4.91. The fourth-order valence-electron chi connectivity index (χ4n) is 0. The molecule has 0 N–H and O–H groups in total. The Hall–Kier alpha value is 1.88. The van der Waals surface area contributed by atoms with E-state index in [1.807, 2.05) is 0 Å². The number of hydrogen-bond acceptors (Lipinski definition) is 0. The third kappa shape index (κ3) is 169. The summed E-state index contributed by atoms with van der Waals surface area (Å²) in [5.74, 6) is 0. The summed E-state index contributed by atoms with van der Waals surface area (Å²) in [5.41, 5.74) is 0. The first kappa shape index (κ1) is 37.1. The average molecular weight is 250 g/mol. The van der Waals surface area contributed by atoms with Crippen molar-refractivity contribution in [1.82, 2.24) is 0 Å². The largest absolute Gasteiger partial charge is 2.00 e. The maximum absolute atomic E-state index is 3.60. The Kier molecular flexibility index (Phi) is 373. The van der Waals surface area contributed by atoms with Crippen LogP contribution in [-0.2, 0) is 19.5 Å². The van der Waals surface area contributed by atoms with Crippen LogP contribution < -0.4 is 0 Å². The molecule has 0 heterocycles. The van der Waals surface area contributed by atoms with E-state index in [4.69, 9.17) is 0 Å². The zero-order chi connectivity index (χ0) is 9.41. The second-order valence-electron chi connectivity index (χ2n) is 0.854. The van der Waals surface area contributed by atoms with Crippen LogP contribution in [0.4, 0.5) is 0 Å². The molecule has 0 bridgehead atoms. The molecule has 0 unspecified atom stereocenters. The Morgan fingerprint density at radius 1 is 0.833 bits per heavy atom. The topological polar surface area (TPSA) is 0 Å². The second kappa shape index (κ2) is 121. The van der Waals surface area contributed by atoms with Gasteiger partial charge >= 0.3 is 57.2 Å². The summed E-state index contributed by atoms with van der Waals surface area (Å²) in [6, 6.07) is 0. The average Bonchev–Trinajstić information content (AvgIpc) is 2.14. The molecule has 0 atom stereocenters. The van der Waals surface area contributed by atoms with Gasteiger partial charge in [0, 0.05) is 0 Å². The van der Waals surface area contributed by atoms with Crippen molar-refractivity contribution in [2.75, 3.05) is 0 Å². The van der Waals surface area contributed by atoms with Crippen LogP contribution in [0.2, 0.25) is 0 Å². The van der Waals surface area contributed by atoms with Crippen LogP contribution in [0.25, 0.3) is 0 Å². The summed E-state index contributed by atoms with van der Waals surface area (Å²) >= 11 is 0. The Balaban J connectivity index is -0.0000000101. The quantitative estimate of drug-likeness (QED) is 0.490. The molecular weight excluding hydrogens is 226 g/mol. The summed E-state index contributed by atoms with van der Waals surface area (Å²) in [7, 11) is 0. The molecule has 0 saturated heterocycles. The van der Waals surface area contributed by atoms with E-state index in [2.05, 4.69) is 34.6 Å². The van der Waals surface area contributed by atoms with Crippen LogP contribution in [0.1, 0.15) is 40.5 Å². The van der Waals surface area contributed by atoms with Crippen LogP contribution in [0, 0.1) is 27.7 Å². The Bertz CT molecular complexity index is 11.8. The standard InChI is InChI=1S/C4H9.3C2H5.Ca.Zn/c1-3-4-2;3*1-2;;/h1,3-4H2,2H3;3*1H2,2H3;;/q4*-1;2*+2. The Morgan fingerprint density at radius 3 is 0.917 bits per heavy atom. The maximum atomic E-state index is 3.60. The summed E-state index contributed by atoms with van der Waals surface area (Å²) in [4.78, 5) is 0. The van der Waals surface area contributed by atoms with Crippen molar-refractivity contribution >= 4 is 37.7 Å². The molecule has 0 aliphatic rings. The molecule has 0 aromatic carbocycles. The van der Waals surface area contributed by atoms with Crippen LogP contribution in [0.3, 0.4) is 0 Å². The van der Waals surface area contributed by atoms with Gasteiger partial charge in [-0.1, -0.05) is 13.3 Å². The van der Waals surface area contributed by atoms with E-state index in [9.17, 15) is 0 Å². The second-order valence-corrected chi connectivity index (χ2v) is 0.854. The predicted molar refractivity (Wildman–Crippen MR) is 59.1 cm³/mol. The van der Waals surface area contributed by atoms with Crippen molar-refractivity contribution in [1.29, 1.82) is 0 Å². The van der Waals surface area contributed by atoms with E-state index < -0.39 is 0 Å². The minimum absolute atomic E-state index is 0. The fraction of sp³-hybridized carbons (Fsp3) is 0.600. The molecular formula is C10H24CaZn. The van der Waals surface area contributed by atoms with Gasteiger partial charge in [0.15, 0.2) is 0 Å². The van der Waals surface area contributed by atoms with Crippen LogP contribution >= 0.6 is 0 Å². The van der Waals surface area contributed by atoms with Gasteiger partial charge in [-0.2, -0.15) is 27.2 Å². The van der Waals surface area contributed by atoms with Gasteiger partial charge in [-0.3, -0.25) is 0 Å². The van der Waals surface area contributed by atoms with Crippen molar-refractivity contribution in [3.63, 3.8) is 0 Å². The number of rotatable bonds is 1. The number of unbranched alkanes of at least 4 members (excludes halogenated alkanes) is 1. The molecule has 0 aromatic heterocycles. The molecule has 0 saturated carbocycles. The minimum Gasteiger partial charge on any atom is -0.346 e. The zero-order valence-corrected chi connectivity index (χ0v) is 14.8. The zero-order valence-electron chi connectivity index (χ0n) is 9.66. The van der Waals surface area contributed by atoms with Gasteiger partial charge in [0.2, 0.25) is 0 Å². The van der Waals surface area contributed by atoms with E-state index in [0.717, 1.165) is 6.42 Å². The molecule has 0 aliphatic carbocycles. The van der Waals surface area contributed by atoms with E-state index in [1.165, 1.54) is 6.42 Å². The van der Waals surface area contributed by atoms with Crippen molar-refractivity contribution in [2.45, 2.75) is 40.5 Å². The smallest absolute Gasteiger partial charge is 0.346 e. The Labute approximate surface area is 124 Å². The molecule has 0 amide bonds. The van der Waals surface area contributed by atoms with Gasteiger partial charge < -0.3 is 27.7 Å². The van der Waals surface area contributed by atoms with Crippen LogP contribution in [0.15, 0.2) is 0 Å². The first-order valence-corrected chi connectivity index (χ1v) is 3.83. The molecule has 0 spiro atoms. The predicted octanol–water partition coefficient (Wildman–Crippen LogP) is 3.76. The molecule has 0 radical (unpaired) electrons. The molecule has 0 rings (SSSR count). The summed E-state index contributed by atoms with van der Waals surface area (Å²) in [6.45, 7) is 20.7. The maximum Gasteiger partial charge on any atom is 2.00 e. The molecule has 12 heavy (non-hydrogen) atoms. The van der Waals surface area contributed by atoms with Gasteiger partial charge in [0.1, 0.15) is 0 Å². The third-order valence-electron chi connectivity index (χ3n) is 0.354. The normalized spacial score (nSPS) is 4.00. The SMILES string of the molecule is [CH2-]C.[CH2-]C.[CH2-]C.[CH2-]CCC.[Ca+2].[Zn+2]. The van der Waals surface area contributed by atoms with Crippen LogP contribution in [-0.4, -0.2) is 37.7 Å². The molecule has 0 aliphatic heterocycles. The van der Waals surface area contributed by atoms with Gasteiger partial charge in [-0.05, 0) is 0 Å². The van der Waals surface area contributed by atoms with Gasteiger partial charge in [-0.25, -0.2) is 0 Å². The van der Waals surface area contributed by atoms with E-state index >= 15 is 0 Å². The van der Waals surface area contributed by atoms with Gasteiger partial charge in [-0.15, -0.1) is 0 Å². The minimum atomic E-state index is 0. The summed E-state index contributed by atoms with van der Waals surface area (Å²) < 4.78 is 0. The Morgan fingerprint density at radius 2 is 0.917 bits per heavy atom. The summed E-state index contributed by atoms with van der Waals surface area (Å²) in [6.07, 6.45) is 2.28. The van der Waals surface area contributed by atoms with E-state index in [-0.39, 0.29) is 57.2 Å². The summed E-state index contributed by atoms with van der Waals surface area (Å²) in [5, 5.41) is 0. The van der Waals surface area contributed by atoms with Crippen molar-refractivity contribution in [2.24, 2.45) is 0 Å². The molecule has 0 aromatic rings. The van der Waals surface area contributed by atoms with Crippen LogP contribution in [0.5, 0.6) is 0 Å².